The number of aliphatic imine (C=N–C) groups is 1. The van der Waals surface area contributed by atoms with Crippen molar-refractivity contribution in [3.05, 3.63) is 40.3 Å². The second kappa shape index (κ2) is 8.89. The van der Waals surface area contributed by atoms with Gasteiger partial charge in [-0.15, -0.1) is 11.3 Å². The highest BCUT2D eigenvalue weighted by molar-refractivity contribution is 7.11. The van der Waals surface area contributed by atoms with E-state index < -0.39 is 0 Å². The summed E-state index contributed by atoms with van der Waals surface area (Å²) < 4.78 is 5.24. The quantitative estimate of drug-likeness (QED) is 0.645. The Kier molecular flexibility index (Phi) is 6.33. The van der Waals surface area contributed by atoms with Crippen LogP contribution < -0.4 is 15.0 Å². The van der Waals surface area contributed by atoms with Crippen LogP contribution in [0.15, 0.2) is 35.5 Å². The Morgan fingerprint density at radius 3 is 2.54 bits per heavy atom. The van der Waals surface area contributed by atoms with E-state index in [-0.39, 0.29) is 0 Å². The average molecular weight is 374 g/mol. The Hall–Kier alpha value is -2.28. The number of methoxy groups -OCH3 is 1. The van der Waals surface area contributed by atoms with Crippen LogP contribution in [0.25, 0.3) is 0 Å². The minimum absolute atomic E-state index is 0.687. The summed E-state index contributed by atoms with van der Waals surface area (Å²) in [5, 5.41) is 4.52. The lowest BCUT2D eigenvalue weighted by Gasteiger charge is -2.37. The maximum absolute atomic E-state index is 5.24. The molecule has 140 valence electrons. The Labute approximate surface area is 159 Å². The number of ether oxygens (including phenoxy) is 1. The van der Waals surface area contributed by atoms with E-state index in [1.807, 2.05) is 25.3 Å². The predicted molar refractivity (Wildman–Crippen MR) is 108 cm³/mol. The summed E-state index contributed by atoms with van der Waals surface area (Å²) in [6.45, 7) is 9.58. The van der Waals surface area contributed by atoms with Crippen molar-refractivity contribution in [2.45, 2.75) is 20.4 Å². The molecular weight excluding hydrogens is 346 g/mol. The highest BCUT2D eigenvalue weighted by atomic mass is 32.1. The summed E-state index contributed by atoms with van der Waals surface area (Å²) in [6, 6.07) is 8.29. The van der Waals surface area contributed by atoms with Gasteiger partial charge in [-0.05, 0) is 38.1 Å². The van der Waals surface area contributed by atoms with Gasteiger partial charge in [0.1, 0.15) is 5.75 Å². The number of nitrogens with zero attached hydrogens (tertiary/aromatic N) is 4. The zero-order valence-corrected chi connectivity index (χ0v) is 16.6. The third-order valence-electron chi connectivity index (χ3n) is 4.41. The monoisotopic (exact) mass is 373 g/mol. The SMILES string of the molecule is CCNC(=NCc1cnc(C)s1)N1CCN(c2ccc(OC)cc2)CC1. The van der Waals surface area contributed by atoms with Gasteiger partial charge in [0.15, 0.2) is 5.96 Å². The molecule has 7 heteroatoms. The molecule has 1 aliphatic rings. The summed E-state index contributed by atoms with van der Waals surface area (Å²) in [4.78, 5) is 15.1. The number of piperazine rings is 1. The lowest BCUT2D eigenvalue weighted by Crippen LogP contribution is -2.52. The number of hydrogen-bond donors (Lipinski definition) is 1. The second-order valence-corrected chi connectivity index (χ2v) is 7.51. The first-order chi connectivity index (χ1) is 12.7. The average Bonchev–Trinajstić information content (AvgIpc) is 3.10. The fraction of sp³-hybridized carbons (Fsp3) is 0.474. The standard InChI is InChI=1S/C19H27N5OS/c1-4-20-19(22-14-18-13-21-15(2)26-18)24-11-9-23(10-12-24)16-5-7-17(25-3)8-6-16/h5-8,13H,4,9-12,14H2,1-3H3,(H,20,22). The normalized spacial score (nSPS) is 15.3. The lowest BCUT2D eigenvalue weighted by atomic mass is 10.2. The van der Waals surface area contributed by atoms with E-state index in [0.29, 0.717) is 6.54 Å². The summed E-state index contributed by atoms with van der Waals surface area (Å²) in [7, 11) is 1.70. The van der Waals surface area contributed by atoms with Crippen LogP contribution in [0, 0.1) is 6.92 Å². The van der Waals surface area contributed by atoms with Crippen molar-refractivity contribution in [3.8, 4) is 5.75 Å². The molecule has 2 heterocycles. The van der Waals surface area contributed by atoms with Crippen molar-refractivity contribution < 1.29 is 4.74 Å². The number of rotatable bonds is 5. The summed E-state index contributed by atoms with van der Waals surface area (Å²) in [5.41, 5.74) is 1.24. The van der Waals surface area contributed by atoms with Crippen LogP contribution in [-0.2, 0) is 6.54 Å². The lowest BCUT2D eigenvalue weighted by molar-refractivity contribution is 0.372. The topological polar surface area (TPSA) is 53.0 Å². The van der Waals surface area contributed by atoms with E-state index in [2.05, 4.69) is 39.2 Å². The van der Waals surface area contributed by atoms with E-state index in [0.717, 1.165) is 49.4 Å². The third-order valence-corrected chi connectivity index (χ3v) is 5.30. The van der Waals surface area contributed by atoms with Crippen LogP contribution in [0.2, 0.25) is 0 Å². The number of nitrogens with one attached hydrogen (secondary N) is 1. The highest BCUT2D eigenvalue weighted by Gasteiger charge is 2.20. The van der Waals surface area contributed by atoms with Gasteiger partial charge in [0.25, 0.3) is 0 Å². The Bertz CT molecular complexity index is 720. The Morgan fingerprint density at radius 1 is 1.23 bits per heavy atom. The van der Waals surface area contributed by atoms with Crippen molar-refractivity contribution in [3.63, 3.8) is 0 Å². The zero-order valence-electron chi connectivity index (χ0n) is 15.7. The first-order valence-electron chi connectivity index (χ1n) is 9.03. The fourth-order valence-electron chi connectivity index (χ4n) is 3.03. The van der Waals surface area contributed by atoms with Gasteiger partial charge in [-0.25, -0.2) is 9.98 Å². The molecule has 1 N–H and O–H groups in total. The number of anilines is 1. The molecule has 0 unspecified atom stereocenters. The van der Waals surface area contributed by atoms with Crippen molar-refractivity contribution in [2.24, 2.45) is 4.99 Å². The number of hydrogen-bond acceptors (Lipinski definition) is 5. The second-order valence-electron chi connectivity index (χ2n) is 6.19. The van der Waals surface area contributed by atoms with Gasteiger partial charge in [-0.2, -0.15) is 0 Å². The zero-order chi connectivity index (χ0) is 18.4. The van der Waals surface area contributed by atoms with Crippen molar-refractivity contribution >= 4 is 23.0 Å². The van der Waals surface area contributed by atoms with Crippen LogP contribution in [0.3, 0.4) is 0 Å². The Morgan fingerprint density at radius 2 is 1.96 bits per heavy atom. The van der Waals surface area contributed by atoms with E-state index in [9.17, 15) is 0 Å². The molecule has 1 saturated heterocycles. The van der Waals surface area contributed by atoms with Gasteiger partial charge in [-0.1, -0.05) is 0 Å². The molecule has 3 rings (SSSR count). The molecule has 0 bridgehead atoms. The van der Waals surface area contributed by atoms with Crippen molar-refractivity contribution in [1.82, 2.24) is 15.2 Å². The van der Waals surface area contributed by atoms with E-state index in [1.165, 1.54) is 10.6 Å². The van der Waals surface area contributed by atoms with Gasteiger partial charge >= 0.3 is 0 Å². The van der Waals surface area contributed by atoms with Crippen LogP contribution in [-0.4, -0.2) is 55.7 Å². The number of benzene rings is 1. The number of aromatic nitrogens is 1. The maximum atomic E-state index is 5.24. The minimum atomic E-state index is 0.687. The number of thiazole rings is 1. The smallest absolute Gasteiger partial charge is 0.194 e. The molecule has 6 nitrogen and oxygen atoms in total. The molecule has 0 atom stereocenters. The molecule has 1 fully saturated rings. The minimum Gasteiger partial charge on any atom is -0.497 e. The van der Waals surface area contributed by atoms with Crippen LogP contribution in [0.1, 0.15) is 16.8 Å². The van der Waals surface area contributed by atoms with Gasteiger partial charge < -0.3 is 19.9 Å². The summed E-state index contributed by atoms with van der Waals surface area (Å²) in [6.07, 6.45) is 1.93. The number of guanidine groups is 1. The number of aryl methyl sites for hydroxylation is 1. The van der Waals surface area contributed by atoms with Crippen LogP contribution in [0.4, 0.5) is 5.69 Å². The van der Waals surface area contributed by atoms with E-state index in [4.69, 9.17) is 9.73 Å². The molecule has 1 aromatic heterocycles. The van der Waals surface area contributed by atoms with Crippen LogP contribution in [0.5, 0.6) is 5.75 Å². The van der Waals surface area contributed by atoms with E-state index >= 15 is 0 Å². The molecule has 26 heavy (non-hydrogen) atoms. The van der Waals surface area contributed by atoms with Crippen LogP contribution >= 0.6 is 11.3 Å². The van der Waals surface area contributed by atoms with Gasteiger partial charge in [0, 0.05) is 49.5 Å². The van der Waals surface area contributed by atoms with Gasteiger partial charge in [0.05, 0.1) is 18.7 Å². The van der Waals surface area contributed by atoms with Gasteiger partial charge in [-0.3, -0.25) is 0 Å². The molecule has 0 amide bonds. The molecule has 1 aromatic carbocycles. The first-order valence-corrected chi connectivity index (χ1v) is 9.85. The molecule has 0 aliphatic carbocycles. The molecule has 2 aromatic rings. The molecule has 0 saturated carbocycles. The third kappa shape index (κ3) is 4.66. The van der Waals surface area contributed by atoms with Gasteiger partial charge in [0.2, 0.25) is 0 Å². The predicted octanol–water partition coefficient (Wildman–Crippen LogP) is 2.75. The highest BCUT2D eigenvalue weighted by Crippen LogP contribution is 2.20. The maximum Gasteiger partial charge on any atom is 0.194 e. The largest absolute Gasteiger partial charge is 0.497 e. The summed E-state index contributed by atoms with van der Waals surface area (Å²) in [5.74, 6) is 1.89. The molecular formula is C19H27N5OS. The molecule has 0 spiro atoms. The van der Waals surface area contributed by atoms with Crippen molar-refractivity contribution in [2.75, 3.05) is 44.7 Å². The van der Waals surface area contributed by atoms with Crippen molar-refractivity contribution in [1.29, 1.82) is 0 Å². The molecule has 0 radical (unpaired) electrons. The van der Waals surface area contributed by atoms with E-state index in [1.54, 1.807) is 18.4 Å². The molecule has 1 aliphatic heterocycles. The summed E-state index contributed by atoms with van der Waals surface area (Å²) >= 11 is 1.71. The first kappa shape index (κ1) is 18.5. The fourth-order valence-corrected chi connectivity index (χ4v) is 3.75. The Balaban J connectivity index is 1.59.